The van der Waals surface area contributed by atoms with Crippen LogP contribution in [-0.2, 0) is 19.1 Å². The number of benzene rings is 2. The lowest BCUT2D eigenvalue weighted by molar-refractivity contribution is -0.122. The smallest absolute Gasteiger partial charge is 0.338 e. The van der Waals surface area contributed by atoms with E-state index >= 15 is 0 Å². The number of hydrogen-bond donors (Lipinski definition) is 1. The van der Waals surface area contributed by atoms with E-state index in [9.17, 15) is 23.6 Å². The molecule has 1 saturated heterocycles. The van der Waals surface area contributed by atoms with E-state index in [0.29, 0.717) is 17.3 Å². The van der Waals surface area contributed by atoms with Gasteiger partial charge in [0.25, 0.3) is 5.91 Å². The lowest BCUT2D eigenvalue weighted by atomic mass is 9.76. The van der Waals surface area contributed by atoms with Gasteiger partial charge in [-0.1, -0.05) is 6.92 Å². The van der Waals surface area contributed by atoms with Crippen molar-refractivity contribution in [2.75, 3.05) is 16.8 Å². The standard InChI is InChI=1S/C24H23FN2O5/c1-14-2-11-19-20(12-14)23(30)27(22(19)29)18-9-3-15(4-10-18)24(31)32-13-21(28)26-17-7-5-16(25)6-8-17/h3-10,14,19-20H,2,11-13H2,1H3,(H,26,28)/t14-,19+,20+/m1/s1. The van der Waals surface area contributed by atoms with Gasteiger partial charge in [-0.15, -0.1) is 0 Å². The van der Waals surface area contributed by atoms with Crippen molar-refractivity contribution in [2.24, 2.45) is 17.8 Å². The maximum atomic E-state index is 12.9. The number of hydrogen-bond acceptors (Lipinski definition) is 5. The molecule has 2 fully saturated rings. The number of nitrogens with zero attached hydrogens (tertiary/aromatic N) is 1. The predicted octanol–water partition coefficient (Wildman–Crippen LogP) is 3.55. The fourth-order valence-electron chi connectivity index (χ4n) is 4.34. The summed E-state index contributed by atoms with van der Waals surface area (Å²) in [6.07, 6.45) is 2.38. The van der Waals surface area contributed by atoms with Crippen LogP contribution in [0.4, 0.5) is 15.8 Å². The largest absolute Gasteiger partial charge is 0.452 e. The van der Waals surface area contributed by atoms with Crippen LogP contribution < -0.4 is 10.2 Å². The first-order valence-electron chi connectivity index (χ1n) is 10.5. The van der Waals surface area contributed by atoms with Crippen molar-refractivity contribution in [1.29, 1.82) is 0 Å². The molecule has 0 aromatic heterocycles. The Morgan fingerprint density at radius 2 is 1.66 bits per heavy atom. The SMILES string of the molecule is C[C@@H]1CC[C@@H]2C(=O)N(c3ccc(C(=O)OCC(=O)Nc4ccc(F)cc4)cc3)C(=O)[C@H]2C1. The minimum atomic E-state index is -0.715. The highest BCUT2D eigenvalue weighted by Crippen LogP contribution is 2.42. The average molecular weight is 438 g/mol. The van der Waals surface area contributed by atoms with Gasteiger partial charge in [0, 0.05) is 5.69 Å². The number of ether oxygens (including phenoxy) is 1. The minimum absolute atomic E-state index is 0.181. The van der Waals surface area contributed by atoms with E-state index < -0.39 is 24.3 Å². The maximum absolute atomic E-state index is 12.9. The lowest BCUT2D eigenvalue weighted by Gasteiger charge is -2.25. The number of amides is 3. The molecule has 1 saturated carbocycles. The number of carbonyl (C=O) groups is 4. The van der Waals surface area contributed by atoms with Crippen LogP contribution in [0, 0.1) is 23.6 Å². The number of esters is 1. The Hall–Kier alpha value is -3.55. The number of rotatable bonds is 5. The Labute approximate surface area is 184 Å². The van der Waals surface area contributed by atoms with Crippen LogP contribution in [0.15, 0.2) is 48.5 Å². The van der Waals surface area contributed by atoms with Crippen molar-refractivity contribution in [1.82, 2.24) is 0 Å². The Kier molecular flexibility index (Phi) is 6.03. The molecule has 0 spiro atoms. The van der Waals surface area contributed by atoms with E-state index in [2.05, 4.69) is 12.2 Å². The molecule has 2 aliphatic rings. The van der Waals surface area contributed by atoms with Crippen molar-refractivity contribution < 1.29 is 28.3 Å². The third-order valence-corrected chi connectivity index (χ3v) is 6.01. The van der Waals surface area contributed by atoms with Gasteiger partial charge in [-0.3, -0.25) is 19.3 Å². The average Bonchev–Trinajstić information content (AvgIpc) is 3.03. The topological polar surface area (TPSA) is 92.8 Å². The van der Waals surface area contributed by atoms with Crippen LogP contribution in [-0.4, -0.2) is 30.3 Å². The molecule has 8 heteroatoms. The van der Waals surface area contributed by atoms with Crippen LogP contribution in [0.25, 0.3) is 0 Å². The van der Waals surface area contributed by atoms with E-state index in [4.69, 9.17) is 4.74 Å². The Bertz CT molecular complexity index is 1050. The molecule has 1 aliphatic carbocycles. The summed E-state index contributed by atoms with van der Waals surface area (Å²) in [5.74, 6) is -2.18. The highest BCUT2D eigenvalue weighted by Gasteiger charge is 2.49. The first-order valence-corrected chi connectivity index (χ1v) is 10.5. The van der Waals surface area contributed by atoms with E-state index in [1.54, 1.807) is 0 Å². The zero-order valence-corrected chi connectivity index (χ0v) is 17.5. The van der Waals surface area contributed by atoms with Crippen molar-refractivity contribution in [3.05, 3.63) is 59.9 Å². The highest BCUT2D eigenvalue weighted by atomic mass is 19.1. The van der Waals surface area contributed by atoms with Gasteiger partial charge >= 0.3 is 5.97 Å². The van der Waals surface area contributed by atoms with E-state index in [0.717, 1.165) is 19.3 Å². The van der Waals surface area contributed by atoms with Gasteiger partial charge in [-0.2, -0.15) is 0 Å². The summed E-state index contributed by atoms with van der Waals surface area (Å²) in [5.41, 5.74) is 0.993. The molecule has 0 radical (unpaired) electrons. The molecule has 1 heterocycles. The molecule has 166 valence electrons. The molecule has 1 N–H and O–H groups in total. The number of anilines is 2. The molecule has 0 bridgehead atoms. The van der Waals surface area contributed by atoms with Gasteiger partial charge in [-0.25, -0.2) is 9.18 Å². The molecular weight excluding hydrogens is 415 g/mol. The molecule has 32 heavy (non-hydrogen) atoms. The number of carbonyl (C=O) groups excluding carboxylic acids is 4. The van der Waals surface area contributed by atoms with E-state index in [1.165, 1.54) is 53.4 Å². The number of halogens is 1. The zero-order chi connectivity index (χ0) is 22.8. The van der Waals surface area contributed by atoms with Gasteiger partial charge < -0.3 is 10.1 Å². The van der Waals surface area contributed by atoms with Crippen LogP contribution in [0.3, 0.4) is 0 Å². The number of imide groups is 1. The van der Waals surface area contributed by atoms with Crippen LogP contribution in [0.5, 0.6) is 0 Å². The molecule has 2 aromatic rings. The lowest BCUT2D eigenvalue weighted by Crippen LogP contribution is -2.30. The van der Waals surface area contributed by atoms with Crippen molar-refractivity contribution in [3.63, 3.8) is 0 Å². The zero-order valence-electron chi connectivity index (χ0n) is 17.5. The van der Waals surface area contributed by atoms with Gasteiger partial charge in [0.15, 0.2) is 6.61 Å². The fraction of sp³-hybridized carbons (Fsp3) is 0.333. The molecule has 4 rings (SSSR count). The molecular formula is C24H23FN2O5. The molecule has 7 nitrogen and oxygen atoms in total. The second kappa shape index (κ2) is 8.90. The molecule has 2 aromatic carbocycles. The maximum Gasteiger partial charge on any atom is 0.338 e. The summed E-state index contributed by atoms with van der Waals surface area (Å²) in [6, 6.07) is 11.2. The van der Waals surface area contributed by atoms with Crippen molar-refractivity contribution >= 4 is 35.1 Å². The van der Waals surface area contributed by atoms with Crippen LogP contribution >= 0.6 is 0 Å². The summed E-state index contributed by atoms with van der Waals surface area (Å²) in [7, 11) is 0. The van der Waals surface area contributed by atoms with Gasteiger partial charge in [-0.05, 0) is 73.7 Å². The monoisotopic (exact) mass is 438 g/mol. The second-order valence-electron chi connectivity index (χ2n) is 8.32. The van der Waals surface area contributed by atoms with Gasteiger partial charge in [0.1, 0.15) is 5.82 Å². The number of nitrogens with one attached hydrogen (secondary N) is 1. The summed E-state index contributed by atoms with van der Waals surface area (Å²) >= 11 is 0. The minimum Gasteiger partial charge on any atom is -0.452 e. The van der Waals surface area contributed by atoms with Crippen molar-refractivity contribution in [2.45, 2.75) is 26.2 Å². The predicted molar refractivity (Wildman–Crippen MR) is 114 cm³/mol. The third-order valence-electron chi connectivity index (χ3n) is 6.01. The van der Waals surface area contributed by atoms with Crippen LogP contribution in [0.1, 0.15) is 36.5 Å². The first-order chi connectivity index (χ1) is 15.3. The fourth-order valence-corrected chi connectivity index (χ4v) is 4.34. The quantitative estimate of drug-likeness (QED) is 0.569. The van der Waals surface area contributed by atoms with Crippen LogP contribution in [0.2, 0.25) is 0 Å². The van der Waals surface area contributed by atoms with E-state index in [1.807, 2.05) is 0 Å². The van der Waals surface area contributed by atoms with Crippen molar-refractivity contribution in [3.8, 4) is 0 Å². The van der Waals surface area contributed by atoms with E-state index in [-0.39, 0.29) is 29.2 Å². The molecule has 3 amide bonds. The summed E-state index contributed by atoms with van der Waals surface area (Å²) in [4.78, 5) is 51.0. The highest BCUT2D eigenvalue weighted by molar-refractivity contribution is 6.22. The normalized spacial score (nSPS) is 22.4. The molecule has 1 aliphatic heterocycles. The molecule has 3 atom stereocenters. The Morgan fingerprint density at radius 3 is 2.34 bits per heavy atom. The summed E-state index contributed by atoms with van der Waals surface area (Å²) in [5, 5.41) is 2.49. The first kappa shape index (κ1) is 21.7. The summed E-state index contributed by atoms with van der Waals surface area (Å²) in [6.45, 7) is 1.58. The summed E-state index contributed by atoms with van der Waals surface area (Å²) < 4.78 is 17.9. The van der Waals surface area contributed by atoms with Gasteiger partial charge in [0.2, 0.25) is 11.8 Å². The number of fused-ring (bicyclic) bond motifs is 1. The van der Waals surface area contributed by atoms with Gasteiger partial charge in [0.05, 0.1) is 23.1 Å². The second-order valence-corrected chi connectivity index (χ2v) is 8.32. The Morgan fingerprint density at radius 1 is 1.00 bits per heavy atom. The third kappa shape index (κ3) is 4.39. The Balaban J connectivity index is 1.35. The molecule has 0 unspecified atom stereocenters.